The van der Waals surface area contributed by atoms with Crippen molar-refractivity contribution in [3.8, 4) is 0 Å². The summed E-state index contributed by atoms with van der Waals surface area (Å²) < 4.78 is 92.1. The third-order valence-corrected chi connectivity index (χ3v) is 30.6. The number of esters is 1. The van der Waals surface area contributed by atoms with E-state index in [1.54, 1.807) is 0 Å². The monoisotopic (exact) mass is 1290 g/mol. The second kappa shape index (κ2) is 25.2. The maximum absolute atomic E-state index is 14.6. The second-order valence-corrected chi connectivity index (χ2v) is 34.7. The topological polar surface area (TPSA) is 216 Å². The molecule has 0 bridgehead atoms. The highest BCUT2D eigenvalue weighted by molar-refractivity contribution is 5.89. The van der Waals surface area contributed by atoms with E-state index in [0.717, 1.165) is 83.5 Å². The second-order valence-electron chi connectivity index (χ2n) is 34.7. The van der Waals surface area contributed by atoms with Gasteiger partial charge >= 0.3 is 23.8 Å². The minimum atomic E-state index is -3.28. The van der Waals surface area contributed by atoms with Crippen LogP contribution >= 0.6 is 0 Å². The summed E-state index contributed by atoms with van der Waals surface area (Å²) in [4.78, 5) is 58.9. The molecule has 18 heteroatoms. The number of fused-ring (bicyclic) bond motifs is 15. The van der Waals surface area contributed by atoms with Crippen molar-refractivity contribution in [2.24, 2.45) is 139 Å². The van der Waals surface area contributed by atoms with Gasteiger partial charge in [0.2, 0.25) is 5.78 Å². The SMILES string of the molecule is COC(=O)CC[C@@H](C)[C@H]1CCC2C3C(CC[C@@]21C)[C@@]1(C)CC(F)(F)[C@@H](O)C[C@H]1C[C@@H]3O.C[C@H](CCC(=O)O)[C@H]1CCC2C3C(=O)C[C@@H]4CC(=O)C(F)(F)C[C@]4(C)C3CC[C@@]21C.C[C@H](CCC(=O)O)[C@H]1CCC2C3C(CC[C@@]21C)[C@@]1(C)CC(F)(F)[C@@H](O)C[C@H]1C[C@@H]3O. The number of aliphatic hydroxyl groups excluding tert-OH is 4. The molecule has 12 fully saturated rings. The summed E-state index contributed by atoms with van der Waals surface area (Å²) in [5.41, 5.74) is -1.64. The Bertz CT molecular complexity index is 2710. The van der Waals surface area contributed by atoms with Crippen molar-refractivity contribution in [2.75, 3.05) is 7.11 Å². The van der Waals surface area contributed by atoms with Crippen molar-refractivity contribution in [2.45, 2.75) is 278 Å². The lowest BCUT2D eigenvalue weighted by Gasteiger charge is -2.63. The summed E-state index contributed by atoms with van der Waals surface area (Å²) in [6.07, 6.45) is 10.4. The molecule has 0 heterocycles. The first kappa shape index (κ1) is 71.0. The lowest BCUT2D eigenvalue weighted by molar-refractivity contribution is -0.236. The largest absolute Gasteiger partial charge is 0.481 e. The smallest absolute Gasteiger partial charge is 0.305 e. The molecule has 9 unspecified atom stereocenters. The third-order valence-electron chi connectivity index (χ3n) is 30.6. The van der Waals surface area contributed by atoms with E-state index in [-0.39, 0.29) is 144 Å². The summed E-state index contributed by atoms with van der Waals surface area (Å²) in [5, 5.41) is 60.5. The number of carbonyl (C=O) groups is 5. The number of halogens is 6. The van der Waals surface area contributed by atoms with Gasteiger partial charge in [-0.05, 0) is 255 Å². The molecule has 12 nitrogen and oxygen atoms in total. The number of ketones is 2. The van der Waals surface area contributed by atoms with Crippen LogP contribution in [0.15, 0.2) is 0 Å². The van der Waals surface area contributed by atoms with Gasteiger partial charge in [-0.1, -0.05) is 62.3 Å². The lowest BCUT2D eigenvalue weighted by Crippen LogP contribution is -2.62. The maximum Gasteiger partial charge on any atom is 0.305 e. The zero-order valence-electron chi connectivity index (χ0n) is 56.2. The highest BCUT2D eigenvalue weighted by Gasteiger charge is 2.70. The molecule has 0 amide bonds. The van der Waals surface area contributed by atoms with Gasteiger partial charge < -0.3 is 35.4 Å². The number of methoxy groups -OCH3 is 1. The van der Waals surface area contributed by atoms with Gasteiger partial charge in [-0.15, -0.1) is 0 Å². The van der Waals surface area contributed by atoms with E-state index in [1.807, 2.05) is 20.8 Å². The molecular weight excluding hydrogens is 1180 g/mol. The van der Waals surface area contributed by atoms with Gasteiger partial charge in [0.1, 0.15) is 18.0 Å². The fraction of sp³-hybridized carbons (Fsp3) is 0.932. The molecule has 0 aliphatic heterocycles. The number of Topliss-reactive ketones (excluding diaryl/α,β-unsaturated/α-hetero) is 2. The summed E-state index contributed by atoms with van der Waals surface area (Å²) in [7, 11) is 1.42. The molecule has 12 aliphatic rings. The van der Waals surface area contributed by atoms with Gasteiger partial charge in [-0.25, -0.2) is 17.6 Å². The van der Waals surface area contributed by atoms with E-state index in [0.29, 0.717) is 73.5 Å². The molecular formula is C73H112F6O12. The number of aliphatic carboxylic acids is 2. The van der Waals surface area contributed by atoms with E-state index in [2.05, 4.69) is 41.5 Å². The number of hydrogen-bond donors (Lipinski definition) is 6. The zero-order chi connectivity index (χ0) is 66.9. The highest BCUT2D eigenvalue weighted by Crippen LogP contribution is 2.73. The molecule has 518 valence electrons. The van der Waals surface area contributed by atoms with E-state index in [4.69, 9.17) is 14.9 Å². The summed E-state index contributed by atoms with van der Waals surface area (Å²) >= 11 is 0. The van der Waals surface area contributed by atoms with E-state index >= 15 is 0 Å². The van der Waals surface area contributed by atoms with Crippen LogP contribution in [0, 0.1) is 139 Å². The minimum Gasteiger partial charge on any atom is -0.481 e. The molecule has 0 aromatic heterocycles. The molecule has 0 aromatic rings. The van der Waals surface area contributed by atoms with Gasteiger partial charge in [0.15, 0.2) is 0 Å². The summed E-state index contributed by atoms with van der Waals surface area (Å²) in [6, 6.07) is 0. The Balaban J connectivity index is 0.000000150. The Morgan fingerprint density at radius 2 is 0.824 bits per heavy atom. The van der Waals surface area contributed by atoms with Crippen LogP contribution in [-0.2, 0) is 28.7 Å². The van der Waals surface area contributed by atoms with E-state index in [9.17, 15) is 70.7 Å². The van der Waals surface area contributed by atoms with Crippen molar-refractivity contribution in [3.05, 3.63) is 0 Å². The quantitative estimate of drug-likeness (QED) is 0.0795. The summed E-state index contributed by atoms with van der Waals surface area (Å²) in [6.45, 7) is 19.3. The number of carbonyl (C=O) groups excluding carboxylic acids is 3. The van der Waals surface area contributed by atoms with Gasteiger partial charge in [0.25, 0.3) is 11.8 Å². The van der Waals surface area contributed by atoms with Crippen molar-refractivity contribution >= 4 is 29.5 Å². The Morgan fingerprint density at radius 1 is 0.473 bits per heavy atom. The van der Waals surface area contributed by atoms with Gasteiger partial charge in [0.05, 0.1) is 19.3 Å². The third kappa shape index (κ3) is 12.3. The first-order valence-electron chi connectivity index (χ1n) is 35.7. The lowest BCUT2D eigenvalue weighted by atomic mass is 9.43. The number of carboxylic acid groups (broad SMARTS) is 2. The van der Waals surface area contributed by atoms with E-state index < -0.39 is 82.6 Å². The first-order chi connectivity index (χ1) is 42.2. The average molecular weight is 1300 g/mol. The molecule has 0 spiro atoms. The van der Waals surface area contributed by atoms with E-state index in [1.165, 1.54) is 7.11 Å². The zero-order valence-corrected chi connectivity index (χ0v) is 56.2. The Kier molecular flexibility index (Phi) is 19.7. The number of carboxylic acids is 2. The van der Waals surface area contributed by atoms with Gasteiger partial charge in [-0.2, -0.15) is 8.78 Å². The molecule has 12 aliphatic carbocycles. The molecule has 0 aromatic carbocycles. The van der Waals surface area contributed by atoms with Gasteiger partial charge in [-0.3, -0.25) is 24.0 Å². The van der Waals surface area contributed by atoms with Crippen molar-refractivity contribution in [1.82, 2.24) is 0 Å². The number of hydrogen-bond acceptors (Lipinski definition) is 10. The van der Waals surface area contributed by atoms with Crippen LogP contribution in [0.1, 0.15) is 236 Å². The predicted molar refractivity (Wildman–Crippen MR) is 329 cm³/mol. The molecule has 0 radical (unpaired) electrons. The Morgan fingerprint density at radius 3 is 1.23 bits per heavy atom. The van der Waals surface area contributed by atoms with Crippen molar-refractivity contribution < 1.29 is 85.7 Å². The normalized spacial score (nSPS) is 48.8. The number of alkyl halides is 6. The Labute approximate surface area is 537 Å². The minimum absolute atomic E-state index is 0.0349. The fourth-order valence-corrected chi connectivity index (χ4v) is 25.9. The number of aliphatic hydroxyl groups is 4. The van der Waals surface area contributed by atoms with Gasteiger partial charge in [0, 0.05) is 57.3 Å². The maximum atomic E-state index is 14.6. The van der Waals surface area contributed by atoms with Crippen LogP contribution in [0.2, 0.25) is 0 Å². The van der Waals surface area contributed by atoms with Crippen LogP contribution in [0.25, 0.3) is 0 Å². The van der Waals surface area contributed by atoms with Crippen LogP contribution in [0.4, 0.5) is 26.3 Å². The molecule has 12 saturated carbocycles. The molecule has 6 N–H and O–H groups in total. The Hall–Kier alpha value is -2.83. The van der Waals surface area contributed by atoms with Crippen LogP contribution in [0.5, 0.6) is 0 Å². The number of ether oxygens (including phenoxy) is 1. The van der Waals surface area contributed by atoms with Crippen LogP contribution < -0.4 is 0 Å². The van der Waals surface area contributed by atoms with Crippen LogP contribution in [-0.4, -0.2) is 109 Å². The first-order valence-corrected chi connectivity index (χ1v) is 35.7. The standard InChI is InChI=1S/C25H40F2O4.C24H38F2O4.C24H34F2O4/c1-14(5-8-21(30)31-4)16-6-7-17-22-18(9-10-23(16,17)2)24(3)13-25(26,27)20(29)12-15(24)11-19(22)28;2*1-13(4-7-20(29)30)15-5-6-16-21-17(8-9-22(15,16)2)23(3)12-24(25,26)19(28)11-14(23)10-18(21)27/h14-20,22,28-29H,5-13H2,1-4H3;13-19,21,27-28H,4-12H2,1-3H3,(H,29,30);13-17,21H,4-12H2,1-3H3,(H,29,30)/t14-,15-,16-,17?,18?,19+,20+,22?,23-,24+;13-,14-,15-,16?,17?,18+,19+,21?,22-,23+;13-,14-,15-,16?,17?,21?,22-,23+/m111/s1. The molecule has 91 heavy (non-hydrogen) atoms. The molecule has 12 rings (SSSR count). The fourth-order valence-electron chi connectivity index (χ4n) is 25.9. The molecule has 28 atom stereocenters. The predicted octanol–water partition coefficient (Wildman–Crippen LogP) is 14.7. The summed E-state index contributed by atoms with van der Waals surface area (Å²) in [5.74, 6) is -9.19. The van der Waals surface area contributed by atoms with Crippen molar-refractivity contribution in [3.63, 3.8) is 0 Å². The molecule has 0 saturated heterocycles. The highest BCUT2D eigenvalue weighted by atomic mass is 19.3. The van der Waals surface area contributed by atoms with Crippen molar-refractivity contribution in [1.29, 1.82) is 0 Å². The number of rotatable bonds is 12. The average Bonchev–Trinajstić information content (AvgIpc) is 1.71. The van der Waals surface area contributed by atoms with Crippen LogP contribution in [0.3, 0.4) is 0 Å².